The van der Waals surface area contributed by atoms with Gasteiger partial charge >= 0.3 is 0 Å². The van der Waals surface area contributed by atoms with Gasteiger partial charge in [0, 0.05) is 11.8 Å². The summed E-state index contributed by atoms with van der Waals surface area (Å²) in [6, 6.07) is 18.4. The number of allylic oxidation sites excluding steroid dienone is 1. The minimum absolute atomic E-state index is 0.321. The highest BCUT2D eigenvalue weighted by molar-refractivity contribution is 6.06. The summed E-state index contributed by atoms with van der Waals surface area (Å²) in [6.07, 6.45) is 1.45. The monoisotopic (exact) mass is 541 g/mol. The van der Waals surface area contributed by atoms with Crippen molar-refractivity contribution >= 4 is 17.5 Å². The van der Waals surface area contributed by atoms with Crippen LogP contribution >= 0.6 is 0 Å². The Hall–Kier alpha value is -4.99. The lowest BCUT2D eigenvalue weighted by Crippen LogP contribution is -2.31. The van der Waals surface area contributed by atoms with E-state index in [1.165, 1.54) is 19.0 Å². The van der Waals surface area contributed by atoms with E-state index in [9.17, 15) is 4.79 Å². The zero-order valence-electron chi connectivity index (χ0n) is 23.0. The molecule has 0 bridgehead atoms. The summed E-state index contributed by atoms with van der Waals surface area (Å²) >= 11 is 0. The molecule has 0 saturated carbocycles. The van der Waals surface area contributed by atoms with Gasteiger partial charge in [-0.3, -0.25) is 4.79 Å². The van der Waals surface area contributed by atoms with E-state index in [1.807, 2.05) is 44.2 Å². The average molecular weight is 542 g/mol. The normalized spacial score (nSPS) is 14.2. The first kappa shape index (κ1) is 26.6. The lowest BCUT2D eigenvalue weighted by molar-refractivity contribution is -0.113. The van der Waals surface area contributed by atoms with Gasteiger partial charge in [0.2, 0.25) is 5.95 Å². The first-order valence-corrected chi connectivity index (χ1v) is 12.7. The molecule has 206 valence electrons. The van der Waals surface area contributed by atoms with Crippen LogP contribution in [0.1, 0.15) is 29.7 Å². The highest BCUT2D eigenvalue weighted by Gasteiger charge is 2.34. The van der Waals surface area contributed by atoms with Crippen LogP contribution in [0.15, 0.2) is 78.3 Å². The fourth-order valence-electron chi connectivity index (χ4n) is 4.60. The number of anilines is 2. The van der Waals surface area contributed by atoms with Gasteiger partial charge in [-0.2, -0.15) is 10.1 Å². The van der Waals surface area contributed by atoms with Crippen molar-refractivity contribution in [2.45, 2.75) is 26.5 Å². The number of carbonyl (C=O) groups is 1. The van der Waals surface area contributed by atoms with Gasteiger partial charge in [-0.15, -0.1) is 0 Å². The van der Waals surface area contributed by atoms with Crippen LogP contribution in [0.2, 0.25) is 0 Å². The van der Waals surface area contributed by atoms with Gasteiger partial charge in [-0.05, 0) is 49.2 Å². The topological polar surface area (TPSA) is 109 Å². The summed E-state index contributed by atoms with van der Waals surface area (Å²) in [6.45, 7) is 4.28. The molecular formula is C30H31N5O5. The molecule has 40 heavy (non-hydrogen) atoms. The molecule has 10 heteroatoms. The van der Waals surface area contributed by atoms with E-state index in [0.29, 0.717) is 52.5 Å². The number of ether oxygens (including phenoxy) is 4. The van der Waals surface area contributed by atoms with E-state index < -0.39 is 6.04 Å². The molecule has 1 amide bonds. The van der Waals surface area contributed by atoms with Crippen molar-refractivity contribution < 1.29 is 23.7 Å². The molecule has 0 fully saturated rings. The Kier molecular flexibility index (Phi) is 7.59. The Morgan fingerprint density at radius 2 is 1.70 bits per heavy atom. The van der Waals surface area contributed by atoms with Gasteiger partial charge in [-0.1, -0.05) is 35.9 Å². The van der Waals surface area contributed by atoms with Gasteiger partial charge in [-0.25, -0.2) is 4.68 Å². The van der Waals surface area contributed by atoms with E-state index in [-0.39, 0.29) is 5.91 Å². The van der Waals surface area contributed by atoms with Crippen molar-refractivity contribution in [3.05, 3.63) is 95.0 Å². The third kappa shape index (κ3) is 5.28. The molecule has 2 heterocycles. The second-order valence-corrected chi connectivity index (χ2v) is 9.30. The quantitative estimate of drug-likeness (QED) is 0.301. The zero-order valence-corrected chi connectivity index (χ0v) is 23.0. The Bertz CT molecular complexity index is 1560. The number of benzene rings is 3. The van der Waals surface area contributed by atoms with Gasteiger partial charge < -0.3 is 29.6 Å². The molecule has 2 N–H and O–H groups in total. The molecule has 0 unspecified atom stereocenters. The lowest BCUT2D eigenvalue weighted by atomic mass is 9.94. The van der Waals surface area contributed by atoms with Crippen LogP contribution in [0.5, 0.6) is 23.0 Å². The van der Waals surface area contributed by atoms with Crippen LogP contribution in [-0.4, -0.2) is 42.0 Å². The Balaban J connectivity index is 1.47. The van der Waals surface area contributed by atoms with E-state index in [2.05, 4.69) is 32.8 Å². The van der Waals surface area contributed by atoms with Crippen molar-refractivity contribution in [2.75, 3.05) is 32.0 Å². The molecule has 1 aromatic heterocycles. The smallest absolute Gasteiger partial charge is 0.255 e. The van der Waals surface area contributed by atoms with Crippen LogP contribution < -0.4 is 29.6 Å². The molecule has 1 atom stereocenters. The number of nitrogens with one attached hydrogen (secondary N) is 2. The molecule has 0 radical (unpaired) electrons. The highest BCUT2D eigenvalue weighted by Crippen LogP contribution is 2.39. The molecule has 1 aliphatic heterocycles. The average Bonchev–Trinajstić information content (AvgIpc) is 3.44. The maximum atomic E-state index is 13.8. The Morgan fingerprint density at radius 3 is 2.42 bits per heavy atom. The number of hydrogen-bond acceptors (Lipinski definition) is 8. The third-order valence-electron chi connectivity index (χ3n) is 6.71. The highest BCUT2D eigenvalue weighted by atomic mass is 16.5. The second-order valence-electron chi connectivity index (χ2n) is 9.30. The van der Waals surface area contributed by atoms with Gasteiger partial charge in [0.1, 0.15) is 30.5 Å². The summed E-state index contributed by atoms with van der Waals surface area (Å²) in [5.74, 6) is 2.43. The van der Waals surface area contributed by atoms with Crippen LogP contribution in [-0.2, 0) is 11.4 Å². The zero-order chi connectivity index (χ0) is 28.2. The van der Waals surface area contributed by atoms with Crippen LogP contribution in [0, 0.1) is 6.92 Å². The first-order chi connectivity index (χ1) is 19.4. The lowest BCUT2D eigenvalue weighted by Gasteiger charge is -2.29. The maximum absolute atomic E-state index is 13.8. The molecule has 4 aromatic rings. The fourth-order valence-corrected chi connectivity index (χ4v) is 4.60. The molecular weight excluding hydrogens is 510 g/mol. The summed E-state index contributed by atoms with van der Waals surface area (Å²) in [7, 11) is 4.70. The predicted octanol–water partition coefficient (Wildman–Crippen LogP) is 5.12. The Morgan fingerprint density at radius 1 is 0.925 bits per heavy atom. The largest absolute Gasteiger partial charge is 0.497 e. The number of rotatable bonds is 9. The van der Waals surface area contributed by atoms with Gasteiger partial charge in [0.25, 0.3) is 5.91 Å². The number of aryl methyl sites for hydroxylation is 1. The summed E-state index contributed by atoms with van der Waals surface area (Å²) in [5.41, 5.74) is 4.64. The van der Waals surface area contributed by atoms with Crippen molar-refractivity contribution in [2.24, 2.45) is 0 Å². The fraction of sp³-hybridized carbons (Fsp3) is 0.233. The van der Waals surface area contributed by atoms with Crippen molar-refractivity contribution in [3.8, 4) is 23.0 Å². The van der Waals surface area contributed by atoms with Crippen LogP contribution in [0.3, 0.4) is 0 Å². The second kappa shape index (κ2) is 11.4. The van der Waals surface area contributed by atoms with Crippen molar-refractivity contribution in [1.82, 2.24) is 14.8 Å². The molecule has 10 nitrogen and oxygen atoms in total. The number of fused-ring (bicyclic) bond motifs is 1. The number of hydrogen-bond donors (Lipinski definition) is 2. The maximum Gasteiger partial charge on any atom is 0.255 e. The van der Waals surface area contributed by atoms with E-state index >= 15 is 0 Å². The summed E-state index contributed by atoms with van der Waals surface area (Å²) in [4.78, 5) is 18.1. The van der Waals surface area contributed by atoms with Crippen LogP contribution in [0.4, 0.5) is 11.6 Å². The number of methoxy groups -OCH3 is 3. The minimum Gasteiger partial charge on any atom is -0.497 e. The molecule has 3 aromatic carbocycles. The van der Waals surface area contributed by atoms with E-state index in [0.717, 1.165) is 11.1 Å². The van der Waals surface area contributed by atoms with Crippen molar-refractivity contribution in [3.63, 3.8) is 0 Å². The standard InChI is InChI=1S/C30H31N5O5/c1-18-6-8-20(9-7-18)16-40-24-13-10-21(14-26(24)39-5)28-27(19(2)33-30-31-17-32-35(28)30)29(36)34-23-12-11-22(37-3)15-25(23)38-4/h6-15,17,28H,16H2,1-5H3,(H,34,36)(H,31,32,33)/t28-/m1/s1. The van der Waals surface area contributed by atoms with Gasteiger partial charge in [0.15, 0.2) is 11.5 Å². The summed E-state index contributed by atoms with van der Waals surface area (Å²) < 4.78 is 24.2. The summed E-state index contributed by atoms with van der Waals surface area (Å²) in [5, 5.41) is 10.6. The number of nitrogens with zero attached hydrogens (tertiary/aromatic N) is 3. The number of amides is 1. The molecule has 0 aliphatic carbocycles. The SMILES string of the molecule is COc1ccc(NC(=O)C2=C(C)Nc3ncnn3[C@@H]2c2ccc(OCc3ccc(C)cc3)c(OC)c2)c(OC)c1. The molecule has 0 spiro atoms. The van der Waals surface area contributed by atoms with Crippen molar-refractivity contribution in [1.29, 1.82) is 0 Å². The van der Waals surface area contributed by atoms with Crippen LogP contribution in [0.25, 0.3) is 0 Å². The molecule has 1 aliphatic rings. The molecule has 5 rings (SSSR count). The third-order valence-corrected chi connectivity index (χ3v) is 6.71. The minimum atomic E-state index is -0.581. The molecule has 0 saturated heterocycles. The number of aromatic nitrogens is 3. The Labute approximate surface area is 232 Å². The van der Waals surface area contributed by atoms with E-state index in [1.54, 1.807) is 37.1 Å². The van der Waals surface area contributed by atoms with E-state index in [4.69, 9.17) is 18.9 Å². The number of carbonyl (C=O) groups excluding carboxylic acids is 1. The first-order valence-electron chi connectivity index (χ1n) is 12.7. The van der Waals surface area contributed by atoms with Gasteiger partial charge in [0.05, 0.1) is 32.6 Å². The predicted molar refractivity (Wildman–Crippen MR) is 151 cm³/mol.